The fraction of sp³-hybridized carbons (Fsp3) is 0. The van der Waals surface area contributed by atoms with Crippen LogP contribution in [0.3, 0.4) is 0 Å². The van der Waals surface area contributed by atoms with E-state index in [9.17, 15) is 34.9 Å². The van der Waals surface area contributed by atoms with E-state index in [2.05, 4.69) is 0 Å². The number of anilines is 1. The molecule has 1 saturated heterocycles. The molecule has 0 radical (unpaired) electrons. The van der Waals surface area contributed by atoms with Crippen molar-refractivity contribution >= 4 is 46.0 Å². The third kappa shape index (κ3) is 3.35. The zero-order valence-electron chi connectivity index (χ0n) is 13.2. The molecule has 0 unspecified atom stereocenters. The number of benzene rings is 2. The molecule has 0 bridgehead atoms. The van der Waals surface area contributed by atoms with E-state index in [1.165, 1.54) is 12.1 Å². The van der Waals surface area contributed by atoms with E-state index in [-0.39, 0.29) is 4.91 Å². The average Bonchev–Trinajstić information content (AvgIpc) is 2.90. The number of amides is 2. The van der Waals surface area contributed by atoms with Crippen molar-refractivity contribution in [2.75, 3.05) is 4.90 Å². The third-order valence-electron chi connectivity index (χ3n) is 3.59. The number of rotatable bonds is 4. The summed E-state index contributed by atoms with van der Waals surface area (Å²) in [7, 11) is 0. The Hall–Kier alpha value is -3.73. The SMILES string of the molecule is O=C1S/C(=C\c2cc([N+](=O)[O-])cc([N+](=O)[O-])c2[O-])C(=O)N1c1ccccc1. The summed E-state index contributed by atoms with van der Waals surface area (Å²) in [5.41, 5.74) is -1.77. The molecule has 11 heteroatoms. The molecule has 2 aromatic rings. The largest absolute Gasteiger partial charge is 0.867 e. The van der Waals surface area contributed by atoms with Crippen molar-refractivity contribution in [1.29, 1.82) is 0 Å². The second-order valence-electron chi connectivity index (χ2n) is 5.25. The zero-order valence-corrected chi connectivity index (χ0v) is 14.0. The van der Waals surface area contributed by atoms with Gasteiger partial charge < -0.3 is 5.11 Å². The van der Waals surface area contributed by atoms with Gasteiger partial charge in [-0.25, -0.2) is 4.90 Å². The van der Waals surface area contributed by atoms with Crippen LogP contribution in [0.4, 0.5) is 21.9 Å². The van der Waals surface area contributed by atoms with Crippen LogP contribution in [0.5, 0.6) is 5.75 Å². The van der Waals surface area contributed by atoms with Gasteiger partial charge in [0, 0.05) is 6.07 Å². The number of nitro benzene ring substituents is 2. The van der Waals surface area contributed by atoms with E-state index in [4.69, 9.17) is 0 Å². The Morgan fingerprint density at radius 2 is 1.67 bits per heavy atom. The highest BCUT2D eigenvalue weighted by molar-refractivity contribution is 8.19. The van der Waals surface area contributed by atoms with Crippen LogP contribution in [-0.2, 0) is 4.79 Å². The molecule has 0 aromatic heterocycles. The summed E-state index contributed by atoms with van der Waals surface area (Å²) in [4.78, 5) is 45.4. The lowest BCUT2D eigenvalue weighted by Gasteiger charge is -2.12. The van der Waals surface area contributed by atoms with E-state index in [0.717, 1.165) is 17.0 Å². The van der Waals surface area contributed by atoms with Gasteiger partial charge in [0.1, 0.15) is 0 Å². The van der Waals surface area contributed by atoms with Crippen LogP contribution in [0.2, 0.25) is 0 Å². The maximum absolute atomic E-state index is 12.5. The van der Waals surface area contributed by atoms with Gasteiger partial charge in [0.25, 0.3) is 22.5 Å². The molecule has 2 aromatic carbocycles. The number of thioether (sulfide) groups is 1. The minimum Gasteiger partial charge on any atom is -0.867 e. The number of hydrogen-bond donors (Lipinski definition) is 0. The predicted octanol–water partition coefficient (Wildman–Crippen LogP) is 2.82. The van der Waals surface area contributed by atoms with Crippen LogP contribution in [0.1, 0.15) is 5.56 Å². The highest BCUT2D eigenvalue weighted by Crippen LogP contribution is 2.39. The van der Waals surface area contributed by atoms with Crippen molar-refractivity contribution in [3.05, 3.63) is 73.2 Å². The second kappa shape index (κ2) is 6.88. The summed E-state index contributed by atoms with van der Waals surface area (Å²) in [6.07, 6.45) is 0.955. The number of nitrogens with zero attached hydrogens (tertiary/aromatic N) is 3. The summed E-state index contributed by atoms with van der Waals surface area (Å²) < 4.78 is 0. The maximum Gasteiger partial charge on any atom is 0.298 e. The van der Waals surface area contributed by atoms with E-state index < -0.39 is 43.7 Å². The molecule has 0 saturated carbocycles. The first-order chi connectivity index (χ1) is 12.8. The lowest BCUT2D eigenvalue weighted by Crippen LogP contribution is -2.27. The number of non-ortho nitro benzene ring substituents is 1. The Kier molecular flexibility index (Phi) is 4.60. The van der Waals surface area contributed by atoms with Gasteiger partial charge in [0.15, 0.2) is 0 Å². The molecular weight excluding hydrogens is 378 g/mol. The fourth-order valence-corrected chi connectivity index (χ4v) is 3.21. The van der Waals surface area contributed by atoms with Crippen molar-refractivity contribution in [1.82, 2.24) is 0 Å². The van der Waals surface area contributed by atoms with Crippen molar-refractivity contribution in [3.8, 4) is 5.75 Å². The molecule has 0 N–H and O–H groups in total. The Bertz CT molecular complexity index is 1020. The van der Waals surface area contributed by atoms with Gasteiger partial charge in [-0.1, -0.05) is 18.2 Å². The molecule has 10 nitrogen and oxygen atoms in total. The van der Waals surface area contributed by atoms with E-state index in [1.807, 2.05) is 0 Å². The van der Waals surface area contributed by atoms with Crippen molar-refractivity contribution < 1.29 is 24.5 Å². The Balaban J connectivity index is 2.07. The Labute approximate surface area is 155 Å². The highest BCUT2D eigenvalue weighted by Gasteiger charge is 2.36. The molecule has 0 spiro atoms. The number of carbonyl (C=O) groups is 2. The molecule has 27 heavy (non-hydrogen) atoms. The van der Waals surface area contributed by atoms with Crippen LogP contribution < -0.4 is 10.0 Å². The molecule has 1 aliphatic heterocycles. The summed E-state index contributed by atoms with van der Waals surface area (Å²) in [5.74, 6) is -1.82. The number of carbonyl (C=O) groups excluding carboxylic acids is 2. The number of imide groups is 1. The lowest BCUT2D eigenvalue weighted by molar-refractivity contribution is -0.403. The minimum atomic E-state index is -1.09. The van der Waals surface area contributed by atoms with Gasteiger partial charge in [-0.3, -0.25) is 29.8 Å². The molecular formula is C16H8N3O7S-. The molecule has 1 aliphatic rings. The average molecular weight is 386 g/mol. The molecule has 0 aliphatic carbocycles. The number of nitro groups is 2. The van der Waals surface area contributed by atoms with Crippen LogP contribution in [-0.4, -0.2) is 21.0 Å². The highest BCUT2D eigenvalue weighted by atomic mass is 32.2. The quantitative estimate of drug-likeness (QED) is 0.443. The first-order valence-electron chi connectivity index (χ1n) is 7.26. The van der Waals surface area contributed by atoms with Gasteiger partial charge in [0.05, 0.1) is 26.5 Å². The maximum atomic E-state index is 12.5. The second-order valence-corrected chi connectivity index (χ2v) is 6.24. The van der Waals surface area contributed by atoms with Crippen LogP contribution in [0, 0.1) is 20.2 Å². The first-order valence-corrected chi connectivity index (χ1v) is 8.08. The molecule has 136 valence electrons. The molecule has 0 atom stereocenters. The summed E-state index contributed by atoms with van der Waals surface area (Å²) in [5, 5.41) is 33.5. The van der Waals surface area contributed by atoms with Crippen molar-refractivity contribution in [3.63, 3.8) is 0 Å². The monoisotopic (exact) mass is 386 g/mol. The Morgan fingerprint density at radius 1 is 1.00 bits per heavy atom. The topological polar surface area (TPSA) is 147 Å². The third-order valence-corrected chi connectivity index (χ3v) is 4.45. The number of hydrogen-bond acceptors (Lipinski definition) is 8. The van der Waals surface area contributed by atoms with Gasteiger partial charge in [-0.15, -0.1) is 0 Å². The van der Waals surface area contributed by atoms with Gasteiger partial charge in [-0.2, -0.15) is 0 Å². The molecule has 1 heterocycles. The first kappa shape index (κ1) is 18.1. The van der Waals surface area contributed by atoms with Gasteiger partial charge in [0.2, 0.25) is 0 Å². The van der Waals surface area contributed by atoms with E-state index >= 15 is 0 Å². The summed E-state index contributed by atoms with van der Waals surface area (Å²) >= 11 is 0.529. The predicted molar refractivity (Wildman–Crippen MR) is 94.1 cm³/mol. The number of para-hydroxylation sites is 1. The lowest BCUT2D eigenvalue weighted by atomic mass is 10.1. The van der Waals surface area contributed by atoms with Gasteiger partial charge >= 0.3 is 0 Å². The smallest absolute Gasteiger partial charge is 0.298 e. The van der Waals surface area contributed by atoms with Gasteiger partial charge in [-0.05, 0) is 41.3 Å². The fourth-order valence-electron chi connectivity index (χ4n) is 2.38. The standard InChI is InChI=1S/C16H9N3O7S/c20-14-9(6-11(18(23)24)8-12(14)19(25)26)7-13-15(21)17(16(22)27-13)10-4-2-1-3-5-10/h1-8,20H/p-1/b13-7-. The van der Waals surface area contributed by atoms with E-state index in [0.29, 0.717) is 23.5 Å². The summed E-state index contributed by atoms with van der Waals surface area (Å²) in [6.45, 7) is 0. The van der Waals surface area contributed by atoms with Crippen molar-refractivity contribution in [2.24, 2.45) is 0 Å². The normalized spacial score (nSPS) is 15.4. The van der Waals surface area contributed by atoms with Crippen LogP contribution in [0.15, 0.2) is 47.4 Å². The minimum absolute atomic E-state index is 0.171. The van der Waals surface area contributed by atoms with Crippen molar-refractivity contribution in [2.45, 2.75) is 0 Å². The van der Waals surface area contributed by atoms with Crippen LogP contribution in [0.25, 0.3) is 6.08 Å². The summed E-state index contributed by atoms with van der Waals surface area (Å²) in [6, 6.07) is 9.41. The Morgan fingerprint density at radius 3 is 2.26 bits per heavy atom. The van der Waals surface area contributed by atoms with E-state index in [1.54, 1.807) is 18.2 Å². The molecule has 2 amide bonds. The molecule has 3 rings (SSSR count). The molecule has 1 fully saturated rings. The van der Waals surface area contributed by atoms with Crippen LogP contribution >= 0.6 is 11.8 Å². The zero-order chi connectivity index (χ0) is 19.7.